The SMILES string of the molecule is CCCOCC(=O)c1cc2cc(C)ccc2o1. The lowest BCUT2D eigenvalue weighted by Gasteiger charge is -1.98. The van der Waals surface area contributed by atoms with E-state index in [1.165, 1.54) is 0 Å². The Balaban J connectivity index is 2.15. The number of aryl methyl sites for hydroxylation is 1. The highest BCUT2D eigenvalue weighted by atomic mass is 16.5. The van der Waals surface area contributed by atoms with Crippen molar-refractivity contribution in [2.24, 2.45) is 0 Å². The lowest BCUT2D eigenvalue weighted by Crippen LogP contribution is -2.08. The van der Waals surface area contributed by atoms with Crippen LogP contribution in [0.4, 0.5) is 0 Å². The van der Waals surface area contributed by atoms with Gasteiger partial charge in [-0.1, -0.05) is 18.6 Å². The summed E-state index contributed by atoms with van der Waals surface area (Å²) in [6, 6.07) is 7.63. The van der Waals surface area contributed by atoms with Gasteiger partial charge in [-0.25, -0.2) is 0 Å². The third kappa shape index (κ3) is 2.74. The fraction of sp³-hybridized carbons (Fsp3) is 0.357. The van der Waals surface area contributed by atoms with Crippen LogP contribution in [0.15, 0.2) is 28.7 Å². The van der Waals surface area contributed by atoms with Crippen LogP contribution in [0.3, 0.4) is 0 Å². The van der Waals surface area contributed by atoms with E-state index < -0.39 is 0 Å². The monoisotopic (exact) mass is 232 g/mol. The highest BCUT2D eigenvalue weighted by Crippen LogP contribution is 2.20. The number of hydrogen-bond donors (Lipinski definition) is 0. The summed E-state index contributed by atoms with van der Waals surface area (Å²) in [6.07, 6.45) is 0.909. The van der Waals surface area contributed by atoms with E-state index in [1.807, 2.05) is 32.0 Å². The maximum atomic E-state index is 11.8. The molecule has 2 rings (SSSR count). The molecule has 1 aromatic heterocycles. The predicted octanol–water partition coefficient (Wildman–Crippen LogP) is 3.35. The fourth-order valence-corrected chi connectivity index (χ4v) is 1.68. The van der Waals surface area contributed by atoms with Crippen molar-refractivity contribution >= 4 is 16.8 Å². The second kappa shape index (κ2) is 5.15. The van der Waals surface area contributed by atoms with Gasteiger partial charge < -0.3 is 9.15 Å². The van der Waals surface area contributed by atoms with E-state index in [1.54, 1.807) is 6.07 Å². The van der Waals surface area contributed by atoms with Crippen molar-refractivity contribution in [2.45, 2.75) is 20.3 Å². The number of furan rings is 1. The smallest absolute Gasteiger partial charge is 0.223 e. The van der Waals surface area contributed by atoms with Crippen LogP contribution >= 0.6 is 0 Å². The third-order valence-corrected chi connectivity index (χ3v) is 2.53. The van der Waals surface area contributed by atoms with Gasteiger partial charge in [0.25, 0.3) is 0 Å². The average molecular weight is 232 g/mol. The van der Waals surface area contributed by atoms with Crippen molar-refractivity contribution in [3.63, 3.8) is 0 Å². The van der Waals surface area contributed by atoms with E-state index in [4.69, 9.17) is 9.15 Å². The van der Waals surface area contributed by atoms with Crippen molar-refractivity contribution in [3.05, 3.63) is 35.6 Å². The second-order valence-corrected chi connectivity index (χ2v) is 4.13. The quantitative estimate of drug-likeness (QED) is 0.586. The Morgan fingerprint density at radius 2 is 2.18 bits per heavy atom. The van der Waals surface area contributed by atoms with Crippen molar-refractivity contribution in [2.75, 3.05) is 13.2 Å². The Labute approximate surface area is 100 Å². The molecule has 17 heavy (non-hydrogen) atoms. The number of ketones is 1. The number of Topliss-reactive ketones (excluding diaryl/α,β-unsaturated/α-hetero) is 1. The Bertz CT molecular complexity index is 525. The van der Waals surface area contributed by atoms with E-state index in [9.17, 15) is 4.79 Å². The molecule has 2 aromatic rings. The summed E-state index contributed by atoms with van der Waals surface area (Å²) in [4.78, 5) is 11.8. The summed E-state index contributed by atoms with van der Waals surface area (Å²) in [6.45, 7) is 4.71. The van der Waals surface area contributed by atoms with E-state index in [2.05, 4.69) is 0 Å². The first-order chi connectivity index (χ1) is 8.20. The van der Waals surface area contributed by atoms with E-state index >= 15 is 0 Å². The van der Waals surface area contributed by atoms with Gasteiger partial charge >= 0.3 is 0 Å². The highest BCUT2D eigenvalue weighted by molar-refractivity contribution is 5.98. The molecule has 0 spiro atoms. The lowest BCUT2D eigenvalue weighted by molar-refractivity contribution is 0.0736. The molecule has 0 N–H and O–H groups in total. The summed E-state index contributed by atoms with van der Waals surface area (Å²) >= 11 is 0. The van der Waals surface area contributed by atoms with E-state index in [0.29, 0.717) is 12.4 Å². The van der Waals surface area contributed by atoms with Gasteiger partial charge in [-0.05, 0) is 31.5 Å². The molecular weight excluding hydrogens is 216 g/mol. The van der Waals surface area contributed by atoms with Crippen LogP contribution in [0.25, 0.3) is 11.0 Å². The molecule has 0 saturated heterocycles. The zero-order valence-corrected chi connectivity index (χ0v) is 10.2. The van der Waals surface area contributed by atoms with Crippen molar-refractivity contribution < 1.29 is 13.9 Å². The second-order valence-electron chi connectivity index (χ2n) is 4.13. The minimum absolute atomic E-state index is 0.0899. The largest absolute Gasteiger partial charge is 0.453 e. The van der Waals surface area contributed by atoms with E-state index in [0.717, 1.165) is 23.0 Å². The number of rotatable bonds is 5. The highest BCUT2D eigenvalue weighted by Gasteiger charge is 2.12. The molecule has 0 aliphatic carbocycles. The van der Waals surface area contributed by atoms with Gasteiger partial charge in [0.15, 0.2) is 5.76 Å². The molecule has 0 bridgehead atoms. The molecule has 1 heterocycles. The van der Waals surface area contributed by atoms with Crippen LogP contribution in [-0.4, -0.2) is 19.0 Å². The minimum atomic E-state index is -0.104. The van der Waals surface area contributed by atoms with Crippen LogP contribution in [0.1, 0.15) is 29.5 Å². The van der Waals surface area contributed by atoms with Gasteiger partial charge in [0.2, 0.25) is 5.78 Å². The molecule has 0 radical (unpaired) electrons. The summed E-state index contributed by atoms with van der Waals surface area (Å²) in [7, 11) is 0. The molecule has 0 aliphatic heterocycles. The average Bonchev–Trinajstić information content (AvgIpc) is 2.72. The summed E-state index contributed by atoms with van der Waals surface area (Å²) in [5, 5.41) is 0.962. The maximum absolute atomic E-state index is 11.8. The van der Waals surface area contributed by atoms with Crippen LogP contribution in [0, 0.1) is 6.92 Å². The van der Waals surface area contributed by atoms with E-state index in [-0.39, 0.29) is 12.4 Å². The number of hydrogen-bond acceptors (Lipinski definition) is 3. The molecule has 3 heteroatoms. The molecule has 3 nitrogen and oxygen atoms in total. The van der Waals surface area contributed by atoms with Crippen molar-refractivity contribution in [1.29, 1.82) is 0 Å². The number of ether oxygens (including phenoxy) is 1. The fourth-order valence-electron chi connectivity index (χ4n) is 1.68. The zero-order chi connectivity index (χ0) is 12.3. The molecule has 0 unspecified atom stereocenters. The van der Waals surface area contributed by atoms with Crippen LogP contribution in [-0.2, 0) is 4.74 Å². The zero-order valence-electron chi connectivity index (χ0n) is 10.2. The van der Waals surface area contributed by atoms with Crippen LogP contribution < -0.4 is 0 Å². The molecule has 1 aromatic carbocycles. The van der Waals surface area contributed by atoms with Gasteiger partial charge in [-0.3, -0.25) is 4.79 Å². The van der Waals surface area contributed by atoms with Gasteiger partial charge in [0, 0.05) is 12.0 Å². The number of carbonyl (C=O) groups is 1. The standard InChI is InChI=1S/C14H16O3/c1-3-6-16-9-12(15)14-8-11-7-10(2)4-5-13(11)17-14/h4-5,7-8H,3,6,9H2,1-2H3. The first kappa shape index (κ1) is 11.9. The molecule has 90 valence electrons. The Hall–Kier alpha value is -1.61. The van der Waals surface area contributed by atoms with Gasteiger partial charge in [0.05, 0.1) is 0 Å². The number of carbonyl (C=O) groups excluding carboxylic acids is 1. The third-order valence-electron chi connectivity index (χ3n) is 2.53. The molecule has 0 fully saturated rings. The first-order valence-electron chi connectivity index (χ1n) is 5.82. The molecule has 0 saturated carbocycles. The normalized spacial score (nSPS) is 10.9. The first-order valence-corrected chi connectivity index (χ1v) is 5.82. The summed E-state index contributed by atoms with van der Waals surface area (Å²) < 4.78 is 10.7. The maximum Gasteiger partial charge on any atom is 0.223 e. The number of benzene rings is 1. The Morgan fingerprint density at radius 1 is 1.35 bits per heavy atom. The lowest BCUT2D eigenvalue weighted by atomic mass is 10.2. The van der Waals surface area contributed by atoms with Gasteiger partial charge in [-0.2, -0.15) is 0 Å². The number of fused-ring (bicyclic) bond motifs is 1. The summed E-state index contributed by atoms with van der Waals surface area (Å²) in [5.74, 6) is 0.272. The van der Waals surface area contributed by atoms with Gasteiger partial charge in [0.1, 0.15) is 12.2 Å². The van der Waals surface area contributed by atoms with Crippen LogP contribution in [0.5, 0.6) is 0 Å². The Morgan fingerprint density at radius 3 is 2.94 bits per heavy atom. The molecule has 0 atom stereocenters. The topological polar surface area (TPSA) is 39.4 Å². The van der Waals surface area contributed by atoms with Crippen molar-refractivity contribution in [3.8, 4) is 0 Å². The van der Waals surface area contributed by atoms with Crippen molar-refractivity contribution in [1.82, 2.24) is 0 Å². The Kier molecular flexibility index (Phi) is 3.59. The van der Waals surface area contributed by atoms with Crippen LogP contribution in [0.2, 0.25) is 0 Å². The molecule has 0 amide bonds. The minimum Gasteiger partial charge on any atom is -0.453 e. The molecule has 0 aliphatic rings. The predicted molar refractivity (Wildman–Crippen MR) is 66.4 cm³/mol. The van der Waals surface area contributed by atoms with Gasteiger partial charge in [-0.15, -0.1) is 0 Å². The molecular formula is C14H16O3. The summed E-state index contributed by atoms with van der Waals surface area (Å²) in [5.41, 5.74) is 1.90.